The largest absolute Gasteiger partial charge is 0.391 e. The van der Waals surface area contributed by atoms with Gasteiger partial charge in [-0.1, -0.05) is 6.07 Å². The van der Waals surface area contributed by atoms with Crippen LogP contribution in [0.5, 0.6) is 0 Å². The second-order valence-electron chi connectivity index (χ2n) is 2.84. The summed E-state index contributed by atoms with van der Waals surface area (Å²) in [5.41, 5.74) is 6.12. The lowest BCUT2D eigenvalue weighted by Crippen LogP contribution is -2.21. The first kappa shape index (κ1) is 10.6. The van der Waals surface area contributed by atoms with Gasteiger partial charge in [-0.05, 0) is 40.0 Å². The molecule has 0 saturated carbocycles. The Hall–Kier alpha value is -0.450. The zero-order chi connectivity index (χ0) is 9.84. The lowest BCUT2D eigenvalue weighted by molar-refractivity contribution is 0.183. The first-order valence-corrected chi connectivity index (χ1v) is 4.75. The van der Waals surface area contributed by atoms with Crippen LogP contribution >= 0.6 is 15.9 Å². The van der Waals surface area contributed by atoms with Gasteiger partial charge in [-0.25, -0.2) is 4.39 Å². The highest BCUT2D eigenvalue weighted by molar-refractivity contribution is 9.10. The molecule has 0 saturated heterocycles. The van der Waals surface area contributed by atoms with Gasteiger partial charge in [-0.3, -0.25) is 0 Å². The van der Waals surface area contributed by atoms with E-state index in [1.165, 1.54) is 6.07 Å². The summed E-state index contributed by atoms with van der Waals surface area (Å²) in [5, 5.41) is 9.24. The maximum absolute atomic E-state index is 12.8. The number of rotatable bonds is 3. The minimum absolute atomic E-state index is 0.217. The fourth-order valence-corrected chi connectivity index (χ4v) is 1.45. The van der Waals surface area contributed by atoms with Crippen molar-refractivity contribution in [2.24, 2.45) is 5.73 Å². The van der Waals surface area contributed by atoms with E-state index in [9.17, 15) is 9.50 Å². The fourth-order valence-electron chi connectivity index (χ4n) is 1.02. The van der Waals surface area contributed by atoms with E-state index in [0.29, 0.717) is 10.9 Å². The highest BCUT2D eigenvalue weighted by Crippen LogP contribution is 2.17. The van der Waals surface area contributed by atoms with Crippen molar-refractivity contribution in [3.63, 3.8) is 0 Å². The van der Waals surface area contributed by atoms with Gasteiger partial charge in [-0.2, -0.15) is 0 Å². The highest BCUT2D eigenvalue weighted by Gasteiger charge is 2.05. The first-order chi connectivity index (χ1) is 6.13. The summed E-state index contributed by atoms with van der Waals surface area (Å²) in [5.74, 6) is -0.300. The molecule has 0 heterocycles. The molecular formula is C9H11BrFNO. The van der Waals surface area contributed by atoms with Gasteiger partial charge < -0.3 is 10.8 Å². The van der Waals surface area contributed by atoms with Crippen molar-refractivity contribution >= 4 is 15.9 Å². The molecule has 2 nitrogen and oxygen atoms in total. The van der Waals surface area contributed by atoms with Crippen molar-refractivity contribution in [3.8, 4) is 0 Å². The molecule has 0 amide bonds. The van der Waals surface area contributed by atoms with Gasteiger partial charge >= 0.3 is 0 Å². The third kappa shape index (κ3) is 3.06. The average Bonchev–Trinajstić information content (AvgIpc) is 2.11. The molecule has 1 unspecified atom stereocenters. The van der Waals surface area contributed by atoms with Crippen molar-refractivity contribution < 1.29 is 9.50 Å². The molecule has 0 radical (unpaired) electrons. The summed E-state index contributed by atoms with van der Waals surface area (Å²) in [6.45, 7) is 0.217. The summed E-state index contributed by atoms with van der Waals surface area (Å²) in [6, 6.07) is 4.65. The van der Waals surface area contributed by atoms with E-state index in [0.717, 1.165) is 5.56 Å². The molecular weight excluding hydrogens is 237 g/mol. The van der Waals surface area contributed by atoms with Crippen LogP contribution < -0.4 is 5.73 Å². The van der Waals surface area contributed by atoms with Crippen LogP contribution in [0.4, 0.5) is 4.39 Å². The minimum Gasteiger partial charge on any atom is -0.391 e. The molecule has 13 heavy (non-hydrogen) atoms. The van der Waals surface area contributed by atoms with Gasteiger partial charge in [0.2, 0.25) is 0 Å². The van der Waals surface area contributed by atoms with Crippen molar-refractivity contribution in [1.29, 1.82) is 0 Å². The molecule has 72 valence electrons. The van der Waals surface area contributed by atoms with Gasteiger partial charge in [0.1, 0.15) is 5.82 Å². The Morgan fingerprint density at radius 1 is 1.54 bits per heavy atom. The Bertz CT molecular complexity index is 293. The zero-order valence-electron chi connectivity index (χ0n) is 7.00. The van der Waals surface area contributed by atoms with Crippen molar-refractivity contribution in [2.45, 2.75) is 12.5 Å². The van der Waals surface area contributed by atoms with E-state index in [4.69, 9.17) is 5.73 Å². The normalized spacial score (nSPS) is 12.9. The summed E-state index contributed by atoms with van der Waals surface area (Å²) in [4.78, 5) is 0. The molecule has 1 atom stereocenters. The van der Waals surface area contributed by atoms with Crippen molar-refractivity contribution in [3.05, 3.63) is 34.1 Å². The van der Waals surface area contributed by atoms with Crippen LogP contribution in [-0.2, 0) is 6.42 Å². The van der Waals surface area contributed by atoms with Gasteiger partial charge in [0.25, 0.3) is 0 Å². The van der Waals surface area contributed by atoms with E-state index in [1.807, 2.05) is 0 Å². The Morgan fingerprint density at radius 3 is 2.77 bits per heavy atom. The Morgan fingerprint density at radius 2 is 2.23 bits per heavy atom. The number of benzene rings is 1. The smallest absolute Gasteiger partial charge is 0.137 e. The van der Waals surface area contributed by atoms with Crippen LogP contribution in [0.3, 0.4) is 0 Å². The van der Waals surface area contributed by atoms with Crippen LogP contribution in [0, 0.1) is 5.82 Å². The topological polar surface area (TPSA) is 46.2 Å². The maximum Gasteiger partial charge on any atom is 0.137 e. The number of halogens is 2. The molecule has 0 aliphatic rings. The number of aliphatic hydroxyl groups is 1. The van der Waals surface area contributed by atoms with E-state index >= 15 is 0 Å². The van der Waals surface area contributed by atoms with Gasteiger partial charge in [-0.15, -0.1) is 0 Å². The lowest BCUT2D eigenvalue weighted by atomic mass is 10.1. The molecule has 0 fully saturated rings. The van der Waals surface area contributed by atoms with Crippen molar-refractivity contribution in [1.82, 2.24) is 0 Å². The van der Waals surface area contributed by atoms with Crippen LogP contribution in [-0.4, -0.2) is 17.8 Å². The molecule has 0 aliphatic carbocycles. The summed E-state index contributed by atoms with van der Waals surface area (Å²) >= 11 is 3.07. The monoisotopic (exact) mass is 247 g/mol. The molecule has 0 bridgehead atoms. The van der Waals surface area contributed by atoms with Crippen LogP contribution in [0.25, 0.3) is 0 Å². The Labute approximate surface area is 84.7 Å². The standard InChI is InChI=1S/C9H11BrFNO/c10-8-4-6(1-2-9(8)11)3-7(13)5-12/h1-2,4,7,13H,3,5,12H2. The third-order valence-electron chi connectivity index (χ3n) is 1.73. The second-order valence-corrected chi connectivity index (χ2v) is 3.70. The quantitative estimate of drug-likeness (QED) is 0.850. The number of hydrogen-bond acceptors (Lipinski definition) is 2. The zero-order valence-corrected chi connectivity index (χ0v) is 8.59. The summed E-state index contributed by atoms with van der Waals surface area (Å²) in [7, 11) is 0. The van der Waals surface area contributed by atoms with Gasteiger partial charge in [0, 0.05) is 6.54 Å². The van der Waals surface area contributed by atoms with E-state index in [1.54, 1.807) is 12.1 Å². The first-order valence-electron chi connectivity index (χ1n) is 3.95. The predicted octanol–water partition coefficient (Wildman–Crippen LogP) is 1.45. The van der Waals surface area contributed by atoms with Crippen LogP contribution in [0.1, 0.15) is 5.56 Å². The number of hydrogen-bond donors (Lipinski definition) is 2. The minimum atomic E-state index is -0.558. The number of aliphatic hydroxyl groups excluding tert-OH is 1. The van der Waals surface area contributed by atoms with Gasteiger partial charge in [0.05, 0.1) is 10.6 Å². The fraction of sp³-hybridized carbons (Fsp3) is 0.333. The molecule has 3 N–H and O–H groups in total. The second kappa shape index (κ2) is 4.69. The van der Waals surface area contributed by atoms with Crippen molar-refractivity contribution in [2.75, 3.05) is 6.54 Å². The molecule has 4 heteroatoms. The molecule has 1 aromatic carbocycles. The SMILES string of the molecule is NCC(O)Cc1ccc(F)c(Br)c1. The Balaban J connectivity index is 2.73. The highest BCUT2D eigenvalue weighted by atomic mass is 79.9. The molecule has 1 rings (SSSR count). The molecule has 0 aromatic heterocycles. The number of nitrogens with two attached hydrogens (primary N) is 1. The van der Waals surface area contributed by atoms with Crippen LogP contribution in [0.15, 0.2) is 22.7 Å². The molecule has 1 aromatic rings. The Kier molecular flexibility index (Phi) is 3.84. The lowest BCUT2D eigenvalue weighted by Gasteiger charge is -2.07. The average molecular weight is 248 g/mol. The maximum atomic E-state index is 12.8. The van der Waals surface area contributed by atoms with E-state index < -0.39 is 6.10 Å². The predicted molar refractivity (Wildman–Crippen MR) is 52.9 cm³/mol. The third-order valence-corrected chi connectivity index (χ3v) is 2.34. The van der Waals surface area contributed by atoms with E-state index in [-0.39, 0.29) is 12.4 Å². The van der Waals surface area contributed by atoms with Crippen LogP contribution in [0.2, 0.25) is 0 Å². The summed E-state index contributed by atoms with van der Waals surface area (Å²) < 4.78 is 13.2. The molecule has 0 aliphatic heterocycles. The van der Waals surface area contributed by atoms with E-state index in [2.05, 4.69) is 15.9 Å². The molecule has 0 spiro atoms. The summed E-state index contributed by atoms with van der Waals surface area (Å²) in [6.07, 6.45) is -0.104. The van der Waals surface area contributed by atoms with Gasteiger partial charge in [0.15, 0.2) is 0 Å².